The summed E-state index contributed by atoms with van der Waals surface area (Å²) in [5.41, 5.74) is 1.63. The minimum atomic E-state index is -1.35. The van der Waals surface area contributed by atoms with Crippen LogP contribution in [0.25, 0.3) is 0 Å². The van der Waals surface area contributed by atoms with Crippen molar-refractivity contribution in [2.24, 2.45) is 0 Å². The molecule has 3 amide bonds. The third-order valence-electron chi connectivity index (χ3n) is 5.75. The summed E-state index contributed by atoms with van der Waals surface area (Å²) >= 11 is 0. The van der Waals surface area contributed by atoms with Crippen LogP contribution in [0, 0.1) is 0 Å². The topological polar surface area (TPSA) is 114 Å². The smallest absolute Gasteiger partial charge is 0.416 e. The standard InChI is InChI=1S/C28H36N2O7/c1-19(13-14-20-9-6-5-7-10-20)36-24(25(32)30-15-16-35-27(30)34)23(31)22-12-8-11-21(17-22)18-29-26(33)37-28(2,3)4/h5-12,17,19,23-24,31H,13-16,18H2,1-4H3,(H,29,33)/t19?,23-,24?/m1/s1. The highest BCUT2D eigenvalue weighted by atomic mass is 16.6. The fourth-order valence-corrected chi connectivity index (χ4v) is 3.90. The Morgan fingerprint density at radius 3 is 2.46 bits per heavy atom. The number of benzene rings is 2. The van der Waals surface area contributed by atoms with Crippen LogP contribution in [-0.4, -0.2) is 59.1 Å². The predicted octanol–water partition coefficient (Wildman–Crippen LogP) is 4.13. The summed E-state index contributed by atoms with van der Waals surface area (Å²) in [6.45, 7) is 7.53. The summed E-state index contributed by atoms with van der Waals surface area (Å²) in [7, 11) is 0. The first-order valence-corrected chi connectivity index (χ1v) is 12.4. The van der Waals surface area contributed by atoms with Crippen LogP contribution in [0.15, 0.2) is 54.6 Å². The van der Waals surface area contributed by atoms with Crippen LogP contribution < -0.4 is 5.32 Å². The van der Waals surface area contributed by atoms with Gasteiger partial charge in [0.05, 0.1) is 12.6 Å². The zero-order chi connectivity index (χ0) is 27.0. The average molecular weight is 513 g/mol. The first-order chi connectivity index (χ1) is 17.5. The summed E-state index contributed by atoms with van der Waals surface area (Å²) in [6, 6.07) is 16.7. The van der Waals surface area contributed by atoms with Crippen LogP contribution >= 0.6 is 0 Å². The van der Waals surface area contributed by atoms with Gasteiger partial charge in [0, 0.05) is 6.54 Å². The Balaban J connectivity index is 1.72. The number of aliphatic hydroxyl groups is 1. The monoisotopic (exact) mass is 512 g/mol. The lowest BCUT2D eigenvalue weighted by Gasteiger charge is -2.28. The molecule has 1 aliphatic rings. The van der Waals surface area contributed by atoms with Crippen LogP contribution in [0.1, 0.15) is 56.9 Å². The Morgan fingerprint density at radius 1 is 1.11 bits per heavy atom. The molecule has 9 heteroatoms. The third kappa shape index (κ3) is 8.58. The number of cyclic esters (lactones) is 1. The number of rotatable bonds is 10. The van der Waals surface area contributed by atoms with Crippen molar-refractivity contribution in [2.75, 3.05) is 13.2 Å². The summed E-state index contributed by atoms with van der Waals surface area (Å²) in [5.74, 6) is -0.654. The van der Waals surface area contributed by atoms with Crippen molar-refractivity contribution in [1.82, 2.24) is 10.2 Å². The van der Waals surface area contributed by atoms with Crippen molar-refractivity contribution in [2.45, 2.75) is 71.0 Å². The Labute approximate surface area is 217 Å². The molecule has 0 aliphatic carbocycles. The van der Waals surface area contributed by atoms with E-state index in [2.05, 4.69) is 5.32 Å². The number of carbonyl (C=O) groups excluding carboxylic acids is 3. The molecule has 3 atom stereocenters. The summed E-state index contributed by atoms with van der Waals surface area (Å²) in [4.78, 5) is 38.3. The first-order valence-electron chi connectivity index (χ1n) is 12.4. The number of hydrogen-bond acceptors (Lipinski definition) is 7. The van der Waals surface area contributed by atoms with Crippen molar-refractivity contribution in [3.63, 3.8) is 0 Å². The maximum Gasteiger partial charge on any atom is 0.416 e. The molecule has 3 rings (SSSR count). The number of nitrogens with zero attached hydrogens (tertiary/aromatic N) is 1. The van der Waals surface area contributed by atoms with E-state index in [9.17, 15) is 19.5 Å². The highest BCUT2D eigenvalue weighted by molar-refractivity contribution is 5.95. The van der Waals surface area contributed by atoms with E-state index in [1.807, 2.05) is 37.3 Å². The van der Waals surface area contributed by atoms with E-state index in [1.165, 1.54) is 0 Å². The predicted molar refractivity (Wildman–Crippen MR) is 137 cm³/mol. The van der Waals surface area contributed by atoms with Crippen LogP contribution in [0.5, 0.6) is 0 Å². The van der Waals surface area contributed by atoms with Gasteiger partial charge in [-0.05, 0) is 57.2 Å². The van der Waals surface area contributed by atoms with Crippen molar-refractivity contribution >= 4 is 18.1 Å². The van der Waals surface area contributed by atoms with Crippen LogP contribution in [0.4, 0.5) is 9.59 Å². The second-order valence-corrected chi connectivity index (χ2v) is 10.0. The Bertz CT molecular complexity index is 1070. The molecule has 1 saturated heterocycles. The number of imide groups is 1. The number of aliphatic hydroxyl groups excluding tert-OH is 1. The van der Waals surface area contributed by atoms with Crippen molar-refractivity contribution in [3.8, 4) is 0 Å². The third-order valence-corrected chi connectivity index (χ3v) is 5.75. The second kappa shape index (κ2) is 12.7. The molecule has 1 fully saturated rings. The Hall–Kier alpha value is -3.43. The van der Waals surface area contributed by atoms with Gasteiger partial charge in [-0.25, -0.2) is 14.5 Å². The minimum absolute atomic E-state index is 0.0997. The number of aryl methyl sites for hydroxylation is 1. The summed E-state index contributed by atoms with van der Waals surface area (Å²) < 4.78 is 16.2. The molecule has 0 radical (unpaired) electrons. The van der Waals surface area contributed by atoms with Gasteiger partial charge in [0.15, 0.2) is 6.10 Å². The van der Waals surface area contributed by atoms with E-state index in [0.29, 0.717) is 17.5 Å². The SMILES string of the molecule is CC(CCc1ccccc1)OC(C(=O)N1CCOC1=O)[C@H](O)c1cccc(CNC(=O)OC(C)(C)C)c1. The number of ether oxygens (including phenoxy) is 3. The minimum Gasteiger partial charge on any atom is -0.447 e. The van der Waals surface area contributed by atoms with Gasteiger partial charge in [-0.3, -0.25) is 4.79 Å². The lowest BCUT2D eigenvalue weighted by Crippen LogP contribution is -2.45. The molecule has 2 N–H and O–H groups in total. The van der Waals surface area contributed by atoms with Crippen molar-refractivity contribution < 1.29 is 33.7 Å². The zero-order valence-corrected chi connectivity index (χ0v) is 21.8. The van der Waals surface area contributed by atoms with E-state index in [-0.39, 0.29) is 25.8 Å². The van der Waals surface area contributed by atoms with E-state index < -0.39 is 35.9 Å². The van der Waals surface area contributed by atoms with Gasteiger partial charge in [-0.15, -0.1) is 0 Å². The molecule has 2 aromatic rings. The van der Waals surface area contributed by atoms with Gasteiger partial charge in [0.1, 0.15) is 18.3 Å². The van der Waals surface area contributed by atoms with Crippen LogP contribution in [0.2, 0.25) is 0 Å². The molecule has 1 aliphatic heterocycles. The lowest BCUT2D eigenvalue weighted by atomic mass is 10.00. The molecule has 9 nitrogen and oxygen atoms in total. The van der Waals surface area contributed by atoms with E-state index in [0.717, 1.165) is 16.9 Å². The number of alkyl carbamates (subject to hydrolysis) is 1. The zero-order valence-electron chi connectivity index (χ0n) is 21.8. The fraction of sp³-hybridized carbons (Fsp3) is 0.464. The van der Waals surface area contributed by atoms with Gasteiger partial charge in [0.25, 0.3) is 5.91 Å². The molecule has 0 aromatic heterocycles. The van der Waals surface area contributed by atoms with Gasteiger partial charge in [-0.2, -0.15) is 0 Å². The van der Waals surface area contributed by atoms with E-state index in [1.54, 1.807) is 45.0 Å². The first kappa shape index (κ1) is 28.1. The van der Waals surface area contributed by atoms with E-state index >= 15 is 0 Å². The highest BCUT2D eigenvalue weighted by Gasteiger charge is 2.39. The Morgan fingerprint density at radius 2 is 1.81 bits per heavy atom. The van der Waals surface area contributed by atoms with Crippen molar-refractivity contribution in [3.05, 3.63) is 71.3 Å². The molecule has 1 heterocycles. The van der Waals surface area contributed by atoms with Gasteiger partial charge < -0.3 is 24.6 Å². The average Bonchev–Trinajstić information content (AvgIpc) is 3.29. The number of carbonyl (C=O) groups is 3. The molecule has 0 bridgehead atoms. The normalized spacial score (nSPS) is 16.0. The quantitative estimate of drug-likeness (QED) is 0.492. The van der Waals surface area contributed by atoms with Gasteiger partial charge >= 0.3 is 12.2 Å². The molecule has 37 heavy (non-hydrogen) atoms. The second-order valence-electron chi connectivity index (χ2n) is 10.0. The van der Waals surface area contributed by atoms with Gasteiger partial charge in [0.2, 0.25) is 0 Å². The van der Waals surface area contributed by atoms with Gasteiger partial charge in [-0.1, -0.05) is 54.6 Å². The largest absolute Gasteiger partial charge is 0.447 e. The molecule has 200 valence electrons. The van der Waals surface area contributed by atoms with Crippen LogP contribution in [0.3, 0.4) is 0 Å². The number of amides is 3. The molecule has 0 saturated carbocycles. The van der Waals surface area contributed by atoms with Crippen LogP contribution in [-0.2, 0) is 32.0 Å². The molecular formula is C28H36N2O7. The maximum absolute atomic E-state index is 13.3. The number of nitrogens with one attached hydrogen (secondary N) is 1. The summed E-state index contributed by atoms with van der Waals surface area (Å²) in [6.07, 6.45) is -3.00. The molecule has 2 aromatic carbocycles. The Kier molecular flexibility index (Phi) is 9.66. The summed E-state index contributed by atoms with van der Waals surface area (Å²) in [5, 5.41) is 13.9. The molecular weight excluding hydrogens is 476 g/mol. The fourth-order valence-electron chi connectivity index (χ4n) is 3.90. The maximum atomic E-state index is 13.3. The highest BCUT2D eigenvalue weighted by Crippen LogP contribution is 2.25. The number of hydrogen-bond donors (Lipinski definition) is 2. The van der Waals surface area contributed by atoms with E-state index in [4.69, 9.17) is 14.2 Å². The molecule has 2 unspecified atom stereocenters. The molecule has 0 spiro atoms. The van der Waals surface area contributed by atoms with Crippen molar-refractivity contribution in [1.29, 1.82) is 0 Å². The lowest BCUT2D eigenvalue weighted by molar-refractivity contribution is -0.154.